The second-order valence-corrected chi connectivity index (χ2v) is 5.76. The highest BCUT2D eigenvalue weighted by atomic mass is 16.2. The number of nitrogens with zero attached hydrogens (tertiary/aromatic N) is 2. The van der Waals surface area contributed by atoms with E-state index in [1.54, 1.807) is 24.3 Å². The van der Waals surface area contributed by atoms with Crippen LogP contribution in [0.1, 0.15) is 30.0 Å². The van der Waals surface area contributed by atoms with Crippen LogP contribution < -0.4 is 5.32 Å². The number of hydrogen-bond donors (Lipinski definition) is 1. The van der Waals surface area contributed by atoms with Crippen LogP contribution in [0.4, 0.5) is 4.79 Å². The second-order valence-electron chi connectivity index (χ2n) is 5.76. The Hall–Kier alpha value is -3.13. The van der Waals surface area contributed by atoms with Gasteiger partial charge in [0, 0.05) is 0 Å². The fraction of sp³-hybridized carbons (Fsp3) is 0.211. The summed E-state index contributed by atoms with van der Waals surface area (Å²) >= 11 is 0. The largest absolute Gasteiger partial charge is 0.325 e. The monoisotopic (exact) mass is 319 g/mol. The van der Waals surface area contributed by atoms with Crippen molar-refractivity contribution in [1.82, 2.24) is 10.2 Å². The number of rotatable bonds is 4. The molecule has 1 heterocycles. The van der Waals surface area contributed by atoms with Gasteiger partial charge in [-0.2, -0.15) is 5.26 Å². The lowest BCUT2D eigenvalue weighted by Crippen LogP contribution is -2.43. The maximum absolute atomic E-state index is 13.0. The van der Waals surface area contributed by atoms with E-state index in [1.165, 1.54) is 4.90 Å². The summed E-state index contributed by atoms with van der Waals surface area (Å²) in [7, 11) is 0. The average Bonchev–Trinajstić information content (AvgIpc) is 2.88. The molecule has 0 spiro atoms. The molecule has 1 saturated heterocycles. The van der Waals surface area contributed by atoms with Crippen LogP contribution >= 0.6 is 0 Å². The molecule has 0 unspecified atom stereocenters. The van der Waals surface area contributed by atoms with Gasteiger partial charge in [0.15, 0.2) is 0 Å². The van der Waals surface area contributed by atoms with Crippen LogP contribution in [0.25, 0.3) is 0 Å². The highest BCUT2D eigenvalue weighted by Gasteiger charge is 2.50. The first-order valence-corrected chi connectivity index (χ1v) is 7.79. The van der Waals surface area contributed by atoms with Crippen molar-refractivity contribution in [2.75, 3.05) is 0 Å². The molecule has 1 aliphatic rings. The van der Waals surface area contributed by atoms with Gasteiger partial charge in [0.1, 0.15) is 5.54 Å². The number of nitrogens with one attached hydrogen (secondary N) is 1. The molecule has 2 aromatic rings. The third-order valence-electron chi connectivity index (χ3n) is 4.37. The summed E-state index contributed by atoms with van der Waals surface area (Å²) in [5.41, 5.74) is 1.01. The third kappa shape index (κ3) is 2.52. The first kappa shape index (κ1) is 15.8. The highest BCUT2D eigenvalue weighted by molar-refractivity contribution is 6.07. The van der Waals surface area contributed by atoms with E-state index in [0.717, 1.165) is 11.1 Å². The average molecular weight is 319 g/mol. The summed E-state index contributed by atoms with van der Waals surface area (Å²) in [5, 5.41) is 11.8. The van der Waals surface area contributed by atoms with Crippen molar-refractivity contribution in [2.45, 2.75) is 25.4 Å². The van der Waals surface area contributed by atoms with E-state index in [0.29, 0.717) is 12.0 Å². The van der Waals surface area contributed by atoms with E-state index in [2.05, 4.69) is 11.4 Å². The van der Waals surface area contributed by atoms with Crippen molar-refractivity contribution >= 4 is 11.9 Å². The van der Waals surface area contributed by atoms with Gasteiger partial charge in [0.05, 0.1) is 18.2 Å². The number of hydrogen-bond acceptors (Lipinski definition) is 3. The maximum Gasteiger partial charge on any atom is 0.325 e. The Bertz CT molecular complexity index is 826. The van der Waals surface area contributed by atoms with Crippen LogP contribution in [0.2, 0.25) is 0 Å². The minimum Gasteiger partial charge on any atom is -0.319 e. The van der Waals surface area contributed by atoms with Gasteiger partial charge in [-0.1, -0.05) is 49.4 Å². The summed E-state index contributed by atoms with van der Waals surface area (Å²) in [5.74, 6) is -0.261. The molecule has 1 fully saturated rings. The highest BCUT2D eigenvalue weighted by Crippen LogP contribution is 2.33. The summed E-state index contributed by atoms with van der Waals surface area (Å²) in [6, 6.07) is 17.9. The minimum atomic E-state index is -1.02. The Balaban J connectivity index is 1.92. The summed E-state index contributed by atoms with van der Waals surface area (Å²) in [6.45, 7) is 2.03. The summed E-state index contributed by atoms with van der Waals surface area (Å²) in [6.07, 6.45) is 0.469. The minimum absolute atomic E-state index is 0.148. The van der Waals surface area contributed by atoms with Crippen LogP contribution in [-0.2, 0) is 16.9 Å². The lowest BCUT2D eigenvalue weighted by molar-refractivity contribution is -0.132. The normalized spacial score (nSPS) is 19.9. The second kappa shape index (κ2) is 6.17. The molecule has 3 rings (SSSR count). The first-order chi connectivity index (χ1) is 11.6. The van der Waals surface area contributed by atoms with Crippen molar-refractivity contribution in [1.29, 1.82) is 5.26 Å². The van der Waals surface area contributed by atoms with Crippen LogP contribution in [0.15, 0.2) is 54.6 Å². The zero-order chi connectivity index (χ0) is 17.2. The number of carbonyl (C=O) groups is 2. The fourth-order valence-electron chi connectivity index (χ4n) is 3.05. The molecule has 1 aliphatic heterocycles. The van der Waals surface area contributed by atoms with Crippen LogP contribution in [-0.4, -0.2) is 16.8 Å². The molecule has 0 aromatic heterocycles. The van der Waals surface area contributed by atoms with E-state index in [-0.39, 0.29) is 12.5 Å². The molecular weight excluding hydrogens is 302 g/mol. The topological polar surface area (TPSA) is 73.2 Å². The number of urea groups is 1. The van der Waals surface area contributed by atoms with Crippen molar-refractivity contribution in [2.24, 2.45) is 0 Å². The van der Waals surface area contributed by atoms with Crippen molar-refractivity contribution < 1.29 is 9.59 Å². The molecule has 0 radical (unpaired) electrons. The number of nitriles is 1. The first-order valence-electron chi connectivity index (χ1n) is 7.79. The smallest absolute Gasteiger partial charge is 0.319 e. The molecule has 5 heteroatoms. The summed E-state index contributed by atoms with van der Waals surface area (Å²) < 4.78 is 0. The van der Waals surface area contributed by atoms with Crippen LogP contribution in [0, 0.1) is 11.3 Å². The fourth-order valence-corrected chi connectivity index (χ4v) is 3.05. The Labute approximate surface area is 140 Å². The lowest BCUT2D eigenvalue weighted by atomic mass is 9.87. The van der Waals surface area contributed by atoms with E-state index >= 15 is 0 Å². The predicted molar refractivity (Wildman–Crippen MR) is 88.6 cm³/mol. The standard InChI is InChI=1S/C19H17N3O2/c1-2-19(16-9-4-3-5-10-16)17(23)22(18(24)21-19)13-15-8-6-7-14(11-15)12-20/h3-11H,2,13H2,1H3,(H,21,24)/t19-/m1/s1. The molecular formula is C19H17N3O2. The van der Waals surface area contributed by atoms with E-state index < -0.39 is 11.6 Å². The van der Waals surface area contributed by atoms with Crippen molar-refractivity contribution in [3.05, 3.63) is 71.3 Å². The molecule has 2 aromatic carbocycles. The molecule has 0 saturated carbocycles. The zero-order valence-electron chi connectivity index (χ0n) is 13.3. The molecule has 5 nitrogen and oxygen atoms in total. The lowest BCUT2D eigenvalue weighted by Gasteiger charge is -2.25. The number of benzene rings is 2. The van der Waals surface area contributed by atoms with Gasteiger partial charge in [0.25, 0.3) is 5.91 Å². The Morgan fingerprint density at radius 3 is 2.54 bits per heavy atom. The molecule has 0 aliphatic carbocycles. The van der Waals surface area contributed by atoms with Crippen molar-refractivity contribution in [3.63, 3.8) is 0 Å². The van der Waals surface area contributed by atoms with Gasteiger partial charge in [-0.3, -0.25) is 9.69 Å². The maximum atomic E-state index is 13.0. The zero-order valence-corrected chi connectivity index (χ0v) is 13.3. The van der Waals surface area contributed by atoms with Crippen LogP contribution in [0.5, 0.6) is 0 Å². The van der Waals surface area contributed by atoms with E-state index in [4.69, 9.17) is 5.26 Å². The number of carbonyl (C=O) groups excluding carboxylic acids is 2. The SMILES string of the molecule is CC[C@]1(c2ccccc2)NC(=O)N(Cc2cccc(C#N)c2)C1=O. The Morgan fingerprint density at radius 1 is 1.12 bits per heavy atom. The van der Waals surface area contributed by atoms with Gasteiger partial charge in [-0.05, 0) is 29.7 Å². The molecule has 1 N–H and O–H groups in total. The Morgan fingerprint density at radius 2 is 1.88 bits per heavy atom. The Kier molecular flexibility index (Phi) is 4.05. The summed E-state index contributed by atoms with van der Waals surface area (Å²) in [4.78, 5) is 26.6. The van der Waals surface area contributed by atoms with Gasteiger partial charge in [-0.25, -0.2) is 4.79 Å². The van der Waals surface area contributed by atoms with Crippen molar-refractivity contribution in [3.8, 4) is 6.07 Å². The molecule has 1 atom stereocenters. The van der Waals surface area contributed by atoms with Gasteiger partial charge in [0.2, 0.25) is 0 Å². The van der Waals surface area contributed by atoms with E-state index in [1.807, 2.05) is 37.3 Å². The third-order valence-corrected chi connectivity index (χ3v) is 4.37. The molecule has 24 heavy (non-hydrogen) atoms. The molecule has 3 amide bonds. The van der Waals surface area contributed by atoms with Gasteiger partial charge < -0.3 is 5.32 Å². The molecule has 0 bridgehead atoms. The van der Waals surface area contributed by atoms with Crippen LogP contribution in [0.3, 0.4) is 0 Å². The predicted octanol–water partition coefficient (Wildman–Crippen LogP) is 2.92. The molecule has 120 valence electrons. The number of imide groups is 1. The van der Waals surface area contributed by atoms with Gasteiger partial charge >= 0.3 is 6.03 Å². The van der Waals surface area contributed by atoms with E-state index in [9.17, 15) is 9.59 Å². The quantitative estimate of drug-likeness (QED) is 0.881. The number of amides is 3. The van der Waals surface area contributed by atoms with Gasteiger partial charge in [-0.15, -0.1) is 0 Å².